The highest BCUT2D eigenvalue weighted by Gasteiger charge is 2.37. The van der Waals surface area contributed by atoms with E-state index in [1.807, 2.05) is 16.9 Å². The van der Waals surface area contributed by atoms with Crippen molar-refractivity contribution in [2.45, 2.75) is 39.2 Å². The molecule has 1 aromatic heterocycles. The van der Waals surface area contributed by atoms with Crippen molar-refractivity contribution in [1.29, 1.82) is 0 Å². The summed E-state index contributed by atoms with van der Waals surface area (Å²) in [5, 5.41) is 18.0. The highest BCUT2D eigenvalue weighted by Crippen LogP contribution is 2.42. The van der Waals surface area contributed by atoms with E-state index in [-0.39, 0.29) is 12.0 Å². The number of benzene rings is 1. The van der Waals surface area contributed by atoms with Gasteiger partial charge in [0.2, 0.25) is 0 Å². The third-order valence-electron chi connectivity index (χ3n) is 4.49. The van der Waals surface area contributed by atoms with Gasteiger partial charge in [0.15, 0.2) is 0 Å². The molecule has 0 amide bonds. The van der Waals surface area contributed by atoms with Gasteiger partial charge in [-0.1, -0.05) is 35.9 Å². The lowest BCUT2D eigenvalue weighted by atomic mass is 9.67. The average Bonchev–Trinajstić information content (AvgIpc) is 2.84. The molecule has 4 heteroatoms. The van der Waals surface area contributed by atoms with Crippen molar-refractivity contribution in [2.75, 3.05) is 6.61 Å². The molecule has 1 heterocycles. The summed E-state index contributed by atoms with van der Waals surface area (Å²) in [7, 11) is 0. The number of hydrogen-bond acceptors (Lipinski definition) is 3. The Hall–Kier alpha value is -1.68. The van der Waals surface area contributed by atoms with Gasteiger partial charge in [0.1, 0.15) is 0 Å². The molecule has 106 valence electrons. The fourth-order valence-electron chi connectivity index (χ4n) is 2.91. The first-order chi connectivity index (χ1) is 9.71. The molecule has 2 aromatic rings. The van der Waals surface area contributed by atoms with Gasteiger partial charge in [-0.15, -0.1) is 5.10 Å². The number of aromatic nitrogens is 3. The Morgan fingerprint density at radius 1 is 1.30 bits per heavy atom. The van der Waals surface area contributed by atoms with Gasteiger partial charge in [-0.2, -0.15) is 0 Å². The molecule has 20 heavy (non-hydrogen) atoms. The summed E-state index contributed by atoms with van der Waals surface area (Å²) in [6.45, 7) is 3.13. The summed E-state index contributed by atoms with van der Waals surface area (Å²) in [5.41, 5.74) is 3.61. The summed E-state index contributed by atoms with van der Waals surface area (Å²) in [4.78, 5) is 0. The van der Waals surface area contributed by atoms with E-state index in [2.05, 4.69) is 35.4 Å². The van der Waals surface area contributed by atoms with Crippen molar-refractivity contribution in [3.8, 4) is 0 Å². The van der Waals surface area contributed by atoms with Gasteiger partial charge in [-0.25, -0.2) is 4.68 Å². The largest absolute Gasteiger partial charge is 0.396 e. The average molecular weight is 271 g/mol. The van der Waals surface area contributed by atoms with E-state index in [0.717, 1.165) is 31.5 Å². The molecule has 1 saturated carbocycles. The standard InChI is InChI=1S/C16H21N3O/c1-13-5-2-3-6-14(13)10-19-11-15(17-18-19)9-16(12-20)7-4-8-16/h2-3,5-6,11,20H,4,7-10,12H2,1H3. The molecule has 1 aromatic carbocycles. The quantitative estimate of drug-likeness (QED) is 0.908. The molecular formula is C16H21N3O. The molecule has 1 N–H and O–H groups in total. The number of aliphatic hydroxyl groups is 1. The Bertz CT molecular complexity index is 581. The molecule has 0 spiro atoms. The number of hydrogen-bond donors (Lipinski definition) is 1. The Balaban J connectivity index is 1.69. The lowest BCUT2D eigenvalue weighted by molar-refractivity contribution is 0.0441. The molecule has 0 aliphatic heterocycles. The maximum atomic E-state index is 9.52. The van der Waals surface area contributed by atoms with Gasteiger partial charge in [-0.3, -0.25) is 0 Å². The molecule has 0 bridgehead atoms. The number of aryl methyl sites for hydroxylation is 1. The minimum Gasteiger partial charge on any atom is -0.396 e. The minimum absolute atomic E-state index is 0.0729. The first-order valence-corrected chi connectivity index (χ1v) is 7.25. The highest BCUT2D eigenvalue weighted by atomic mass is 16.3. The van der Waals surface area contributed by atoms with Crippen LogP contribution in [-0.2, 0) is 13.0 Å². The van der Waals surface area contributed by atoms with Crippen molar-refractivity contribution in [2.24, 2.45) is 5.41 Å². The summed E-state index contributed by atoms with van der Waals surface area (Å²) in [5.74, 6) is 0. The van der Waals surface area contributed by atoms with E-state index in [1.165, 1.54) is 17.5 Å². The maximum absolute atomic E-state index is 9.52. The topological polar surface area (TPSA) is 50.9 Å². The summed E-state index contributed by atoms with van der Waals surface area (Å²) >= 11 is 0. The first kappa shape index (κ1) is 13.3. The van der Waals surface area contributed by atoms with Gasteiger partial charge >= 0.3 is 0 Å². The van der Waals surface area contributed by atoms with Crippen molar-refractivity contribution in [3.05, 3.63) is 47.3 Å². The molecule has 3 rings (SSSR count). The van der Waals surface area contributed by atoms with E-state index in [0.29, 0.717) is 0 Å². The predicted molar refractivity (Wildman–Crippen MR) is 77.4 cm³/mol. The zero-order valence-electron chi connectivity index (χ0n) is 11.9. The van der Waals surface area contributed by atoms with E-state index in [1.54, 1.807) is 0 Å². The zero-order valence-corrected chi connectivity index (χ0v) is 11.9. The third-order valence-corrected chi connectivity index (χ3v) is 4.49. The zero-order chi connectivity index (χ0) is 14.0. The third kappa shape index (κ3) is 2.61. The minimum atomic E-state index is 0.0729. The van der Waals surface area contributed by atoms with Crippen LogP contribution in [0.1, 0.15) is 36.1 Å². The van der Waals surface area contributed by atoms with Crippen molar-refractivity contribution < 1.29 is 5.11 Å². The second-order valence-corrected chi connectivity index (χ2v) is 6.02. The Morgan fingerprint density at radius 3 is 2.75 bits per heavy atom. The van der Waals surface area contributed by atoms with E-state index in [9.17, 15) is 5.11 Å². The first-order valence-electron chi connectivity index (χ1n) is 7.25. The van der Waals surface area contributed by atoms with Crippen LogP contribution in [0, 0.1) is 12.3 Å². The van der Waals surface area contributed by atoms with Crippen LogP contribution in [0.25, 0.3) is 0 Å². The van der Waals surface area contributed by atoms with Crippen LogP contribution >= 0.6 is 0 Å². The normalized spacial score (nSPS) is 16.9. The summed E-state index contributed by atoms with van der Waals surface area (Å²) < 4.78 is 1.89. The lowest BCUT2D eigenvalue weighted by Crippen LogP contribution is -2.35. The van der Waals surface area contributed by atoms with Gasteiger partial charge in [0.25, 0.3) is 0 Å². The Morgan fingerprint density at radius 2 is 2.10 bits per heavy atom. The SMILES string of the molecule is Cc1ccccc1Cn1cc(CC2(CO)CCC2)nn1. The second kappa shape index (κ2) is 5.37. The highest BCUT2D eigenvalue weighted by molar-refractivity contribution is 5.25. The maximum Gasteiger partial charge on any atom is 0.0833 e. The van der Waals surface area contributed by atoms with E-state index < -0.39 is 0 Å². The summed E-state index contributed by atoms with van der Waals surface area (Å²) in [6, 6.07) is 8.34. The molecular weight excluding hydrogens is 250 g/mol. The van der Waals surface area contributed by atoms with Crippen molar-refractivity contribution in [3.63, 3.8) is 0 Å². The van der Waals surface area contributed by atoms with Crippen LogP contribution in [0.5, 0.6) is 0 Å². The van der Waals surface area contributed by atoms with Gasteiger partial charge in [0, 0.05) is 19.2 Å². The smallest absolute Gasteiger partial charge is 0.0833 e. The molecule has 0 radical (unpaired) electrons. The number of aliphatic hydroxyl groups excluding tert-OH is 1. The van der Waals surface area contributed by atoms with Gasteiger partial charge in [0.05, 0.1) is 12.2 Å². The Kier molecular flexibility index (Phi) is 3.57. The summed E-state index contributed by atoms with van der Waals surface area (Å²) in [6.07, 6.45) is 6.29. The van der Waals surface area contributed by atoms with Gasteiger partial charge < -0.3 is 5.11 Å². The molecule has 0 saturated heterocycles. The van der Waals surface area contributed by atoms with Crippen molar-refractivity contribution >= 4 is 0 Å². The van der Waals surface area contributed by atoms with Crippen LogP contribution < -0.4 is 0 Å². The predicted octanol–water partition coefficient (Wildman–Crippen LogP) is 2.34. The van der Waals surface area contributed by atoms with Crippen LogP contribution in [0.4, 0.5) is 0 Å². The molecule has 0 atom stereocenters. The number of rotatable bonds is 5. The fraction of sp³-hybridized carbons (Fsp3) is 0.500. The van der Waals surface area contributed by atoms with Gasteiger partial charge in [-0.05, 0) is 36.3 Å². The molecule has 1 aliphatic rings. The molecule has 4 nitrogen and oxygen atoms in total. The van der Waals surface area contributed by atoms with Crippen LogP contribution in [0.2, 0.25) is 0 Å². The Labute approximate surface area is 119 Å². The van der Waals surface area contributed by atoms with E-state index in [4.69, 9.17) is 0 Å². The molecule has 1 aliphatic carbocycles. The van der Waals surface area contributed by atoms with E-state index >= 15 is 0 Å². The van der Waals surface area contributed by atoms with Crippen LogP contribution in [0.15, 0.2) is 30.5 Å². The van der Waals surface area contributed by atoms with Crippen LogP contribution in [0.3, 0.4) is 0 Å². The lowest BCUT2D eigenvalue weighted by Gasteiger charge is -2.39. The monoisotopic (exact) mass is 271 g/mol. The molecule has 0 unspecified atom stereocenters. The van der Waals surface area contributed by atoms with Crippen LogP contribution in [-0.4, -0.2) is 26.7 Å². The fourth-order valence-corrected chi connectivity index (χ4v) is 2.91. The molecule has 1 fully saturated rings. The second-order valence-electron chi connectivity index (χ2n) is 6.02. The number of nitrogens with zero attached hydrogens (tertiary/aromatic N) is 3. The van der Waals surface area contributed by atoms with Crippen molar-refractivity contribution in [1.82, 2.24) is 15.0 Å².